The van der Waals surface area contributed by atoms with E-state index in [0.717, 1.165) is 12.8 Å². The monoisotopic (exact) mass is 207 g/mol. The van der Waals surface area contributed by atoms with Crippen LogP contribution in [0.15, 0.2) is 12.3 Å². The lowest BCUT2D eigenvalue weighted by Gasteiger charge is -2.05. The smallest absolute Gasteiger partial charge is 0.239 e. The van der Waals surface area contributed by atoms with E-state index in [0.29, 0.717) is 11.9 Å². The highest BCUT2D eigenvalue weighted by atomic mass is 16.2. The minimum Gasteiger partial charge on any atom is -0.368 e. The molecule has 1 aliphatic carbocycles. The number of anilines is 2. The lowest BCUT2D eigenvalue weighted by atomic mass is 10.5. The lowest BCUT2D eigenvalue weighted by molar-refractivity contribution is -0.119. The molecule has 1 amide bonds. The molecule has 80 valence electrons. The number of rotatable bonds is 4. The number of nitrogens with one attached hydrogen (secondary N) is 2. The maximum absolute atomic E-state index is 11.3. The number of hydrogen-bond acceptors (Lipinski definition) is 5. The third kappa shape index (κ3) is 3.08. The van der Waals surface area contributed by atoms with Crippen molar-refractivity contribution in [3.63, 3.8) is 0 Å². The summed E-state index contributed by atoms with van der Waals surface area (Å²) in [4.78, 5) is 19.0. The second-order valence-electron chi connectivity index (χ2n) is 3.50. The molecule has 0 unspecified atom stereocenters. The minimum absolute atomic E-state index is 0.0188. The van der Waals surface area contributed by atoms with Crippen molar-refractivity contribution in [3.05, 3.63) is 12.3 Å². The number of aromatic nitrogens is 2. The first kappa shape index (κ1) is 9.70. The number of nitrogens with two attached hydrogens (primary N) is 1. The van der Waals surface area contributed by atoms with Crippen molar-refractivity contribution in [1.29, 1.82) is 0 Å². The molecule has 1 aromatic rings. The van der Waals surface area contributed by atoms with Crippen LogP contribution < -0.4 is 16.4 Å². The molecule has 1 heterocycles. The van der Waals surface area contributed by atoms with Gasteiger partial charge in [-0.1, -0.05) is 0 Å². The molecule has 1 aliphatic rings. The number of amides is 1. The molecule has 0 aliphatic heterocycles. The number of carbonyl (C=O) groups excluding carboxylic acids is 1. The Morgan fingerprint density at radius 3 is 3.07 bits per heavy atom. The van der Waals surface area contributed by atoms with Crippen LogP contribution in [0.3, 0.4) is 0 Å². The van der Waals surface area contributed by atoms with Crippen LogP contribution in [0.2, 0.25) is 0 Å². The molecule has 4 N–H and O–H groups in total. The van der Waals surface area contributed by atoms with Gasteiger partial charge >= 0.3 is 0 Å². The van der Waals surface area contributed by atoms with Crippen LogP contribution in [-0.2, 0) is 4.79 Å². The van der Waals surface area contributed by atoms with Gasteiger partial charge in [0.1, 0.15) is 5.82 Å². The number of hydrogen-bond donors (Lipinski definition) is 3. The van der Waals surface area contributed by atoms with E-state index < -0.39 is 0 Å². The van der Waals surface area contributed by atoms with Crippen LogP contribution in [0.4, 0.5) is 11.8 Å². The number of carbonyl (C=O) groups is 1. The van der Waals surface area contributed by atoms with Gasteiger partial charge in [-0.2, -0.15) is 4.98 Å². The van der Waals surface area contributed by atoms with Crippen LogP contribution in [0.5, 0.6) is 0 Å². The van der Waals surface area contributed by atoms with Gasteiger partial charge in [0.25, 0.3) is 0 Å². The molecular weight excluding hydrogens is 194 g/mol. The molecule has 1 saturated carbocycles. The van der Waals surface area contributed by atoms with Gasteiger partial charge in [0.05, 0.1) is 6.54 Å². The third-order valence-corrected chi connectivity index (χ3v) is 2.05. The van der Waals surface area contributed by atoms with Gasteiger partial charge in [-0.15, -0.1) is 0 Å². The molecule has 2 rings (SSSR count). The van der Waals surface area contributed by atoms with E-state index in [1.165, 1.54) is 0 Å². The maximum Gasteiger partial charge on any atom is 0.239 e. The molecule has 6 nitrogen and oxygen atoms in total. The summed E-state index contributed by atoms with van der Waals surface area (Å²) in [6.07, 6.45) is 3.72. The van der Waals surface area contributed by atoms with E-state index >= 15 is 0 Å². The van der Waals surface area contributed by atoms with E-state index in [2.05, 4.69) is 20.6 Å². The Morgan fingerprint density at radius 1 is 1.60 bits per heavy atom. The average molecular weight is 207 g/mol. The summed E-state index contributed by atoms with van der Waals surface area (Å²) >= 11 is 0. The highest BCUT2D eigenvalue weighted by Gasteiger charge is 2.22. The van der Waals surface area contributed by atoms with Gasteiger partial charge in [-0.3, -0.25) is 4.79 Å². The molecule has 0 aromatic carbocycles. The van der Waals surface area contributed by atoms with E-state index in [1.807, 2.05) is 0 Å². The van der Waals surface area contributed by atoms with E-state index in [4.69, 9.17) is 5.73 Å². The maximum atomic E-state index is 11.3. The van der Waals surface area contributed by atoms with Gasteiger partial charge in [-0.05, 0) is 18.9 Å². The quantitative estimate of drug-likeness (QED) is 0.633. The van der Waals surface area contributed by atoms with E-state index in [1.54, 1.807) is 12.3 Å². The zero-order valence-corrected chi connectivity index (χ0v) is 8.23. The van der Waals surface area contributed by atoms with E-state index in [9.17, 15) is 4.79 Å². The first-order chi connectivity index (χ1) is 7.24. The van der Waals surface area contributed by atoms with Crippen molar-refractivity contribution in [2.45, 2.75) is 18.9 Å². The Balaban J connectivity index is 1.78. The van der Waals surface area contributed by atoms with Crippen molar-refractivity contribution in [2.75, 3.05) is 17.6 Å². The van der Waals surface area contributed by atoms with Gasteiger partial charge in [0.2, 0.25) is 11.9 Å². The molecule has 0 saturated heterocycles. The van der Waals surface area contributed by atoms with Crippen LogP contribution in [0.25, 0.3) is 0 Å². The Labute approximate surface area is 87.3 Å². The lowest BCUT2D eigenvalue weighted by Crippen LogP contribution is -2.31. The summed E-state index contributed by atoms with van der Waals surface area (Å²) in [5.41, 5.74) is 5.39. The molecule has 6 heteroatoms. The predicted octanol–water partition coefficient (Wildman–Crippen LogP) is -0.251. The van der Waals surface area contributed by atoms with Crippen LogP contribution in [0.1, 0.15) is 12.8 Å². The number of nitrogen functional groups attached to an aromatic ring is 1. The zero-order chi connectivity index (χ0) is 10.7. The Kier molecular flexibility index (Phi) is 2.66. The number of nitrogens with zero attached hydrogens (tertiary/aromatic N) is 2. The van der Waals surface area contributed by atoms with Gasteiger partial charge in [0.15, 0.2) is 0 Å². The largest absolute Gasteiger partial charge is 0.368 e. The molecule has 1 aromatic heterocycles. The van der Waals surface area contributed by atoms with Gasteiger partial charge in [0, 0.05) is 12.2 Å². The second-order valence-corrected chi connectivity index (χ2v) is 3.50. The molecule has 0 atom stereocenters. The van der Waals surface area contributed by atoms with Gasteiger partial charge in [-0.25, -0.2) is 4.98 Å². The van der Waals surface area contributed by atoms with E-state index in [-0.39, 0.29) is 18.4 Å². The fraction of sp³-hybridized carbons (Fsp3) is 0.444. The zero-order valence-electron chi connectivity index (χ0n) is 8.23. The summed E-state index contributed by atoms with van der Waals surface area (Å²) in [6, 6.07) is 2.05. The van der Waals surface area contributed by atoms with Gasteiger partial charge < -0.3 is 16.4 Å². The van der Waals surface area contributed by atoms with Crippen molar-refractivity contribution < 1.29 is 4.79 Å². The van der Waals surface area contributed by atoms with Crippen molar-refractivity contribution in [2.24, 2.45) is 0 Å². The highest BCUT2D eigenvalue weighted by Crippen LogP contribution is 2.18. The predicted molar refractivity (Wildman–Crippen MR) is 56.1 cm³/mol. The Bertz CT molecular complexity index is 363. The van der Waals surface area contributed by atoms with Crippen LogP contribution in [0, 0.1) is 0 Å². The summed E-state index contributed by atoms with van der Waals surface area (Å²) in [5.74, 6) is 0.741. The minimum atomic E-state index is -0.0188. The third-order valence-electron chi connectivity index (χ3n) is 2.05. The molecule has 1 fully saturated rings. The Morgan fingerprint density at radius 2 is 2.40 bits per heavy atom. The van der Waals surface area contributed by atoms with Crippen LogP contribution >= 0.6 is 0 Å². The van der Waals surface area contributed by atoms with Crippen molar-refractivity contribution >= 4 is 17.7 Å². The molecule has 0 spiro atoms. The first-order valence-corrected chi connectivity index (χ1v) is 4.86. The van der Waals surface area contributed by atoms with Crippen LogP contribution in [-0.4, -0.2) is 28.5 Å². The second kappa shape index (κ2) is 4.12. The fourth-order valence-corrected chi connectivity index (χ4v) is 1.15. The summed E-state index contributed by atoms with van der Waals surface area (Å²) in [6.45, 7) is 0.215. The average Bonchev–Trinajstić information content (AvgIpc) is 2.99. The molecule has 0 radical (unpaired) electrons. The summed E-state index contributed by atoms with van der Waals surface area (Å²) in [5, 5.41) is 5.74. The molecular formula is C9H13N5O. The summed E-state index contributed by atoms with van der Waals surface area (Å²) in [7, 11) is 0. The summed E-state index contributed by atoms with van der Waals surface area (Å²) < 4.78 is 0. The highest BCUT2D eigenvalue weighted by molar-refractivity contribution is 5.80. The topological polar surface area (TPSA) is 92.9 Å². The SMILES string of the molecule is Nc1nccc(NCC(=O)NC2CC2)n1. The Hall–Kier alpha value is -1.85. The fourth-order valence-electron chi connectivity index (χ4n) is 1.15. The molecule has 0 bridgehead atoms. The normalized spacial score (nSPS) is 14.7. The van der Waals surface area contributed by atoms with Crippen molar-refractivity contribution in [3.8, 4) is 0 Å². The van der Waals surface area contributed by atoms with Crippen molar-refractivity contribution in [1.82, 2.24) is 15.3 Å². The molecule has 15 heavy (non-hydrogen) atoms. The first-order valence-electron chi connectivity index (χ1n) is 4.86. The standard InChI is InChI=1S/C9H13N5O/c10-9-11-4-3-7(14-9)12-5-8(15)13-6-1-2-6/h3-4,6H,1-2,5H2,(H,13,15)(H3,10,11,12,14).